The number of nitrogens with zero attached hydrogens (tertiary/aromatic N) is 4. The molecule has 0 N–H and O–H groups in total. The van der Waals surface area contributed by atoms with Gasteiger partial charge in [0.2, 0.25) is 21.8 Å². The van der Waals surface area contributed by atoms with E-state index < -0.39 is 10.0 Å². The first-order chi connectivity index (χ1) is 18.7. The molecule has 0 spiro atoms. The van der Waals surface area contributed by atoms with Crippen LogP contribution in [0.1, 0.15) is 37.7 Å². The Kier molecular flexibility index (Phi) is 8.17. The number of rotatable bonds is 7. The van der Waals surface area contributed by atoms with E-state index in [1.807, 2.05) is 6.07 Å². The van der Waals surface area contributed by atoms with Crippen molar-refractivity contribution < 1.29 is 22.7 Å². The number of imide groups is 1. The van der Waals surface area contributed by atoms with Gasteiger partial charge in [0.05, 0.1) is 11.6 Å². The van der Waals surface area contributed by atoms with E-state index in [2.05, 4.69) is 4.90 Å². The maximum Gasteiger partial charge on any atom is 0.246 e. The SMILES string of the molecule is N#Cc1ccc(Oc2cc(Cl)cc(Cl)c2)c(S(=O)(=O)N2CCC(N3CCCC3)C(CN3C(=O)CCC3=O)C2)c1. The van der Waals surface area contributed by atoms with E-state index in [-0.39, 0.29) is 78.2 Å². The number of hydrogen-bond acceptors (Lipinski definition) is 7. The van der Waals surface area contributed by atoms with E-state index in [1.54, 1.807) is 0 Å². The van der Waals surface area contributed by atoms with Crippen LogP contribution >= 0.6 is 23.2 Å². The van der Waals surface area contributed by atoms with Gasteiger partial charge in [0.25, 0.3) is 0 Å². The van der Waals surface area contributed by atoms with Crippen LogP contribution < -0.4 is 4.74 Å². The van der Waals surface area contributed by atoms with E-state index in [0.29, 0.717) is 16.5 Å². The van der Waals surface area contributed by atoms with E-state index >= 15 is 0 Å². The van der Waals surface area contributed by atoms with Gasteiger partial charge < -0.3 is 4.74 Å². The van der Waals surface area contributed by atoms with E-state index in [9.17, 15) is 23.3 Å². The molecule has 3 heterocycles. The molecule has 3 saturated heterocycles. The fourth-order valence-corrected chi connectivity index (χ4v) is 7.87. The molecule has 12 heteroatoms. The van der Waals surface area contributed by atoms with Gasteiger partial charge in [0.15, 0.2) is 0 Å². The number of carbonyl (C=O) groups excluding carboxylic acids is 2. The highest BCUT2D eigenvalue weighted by molar-refractivity contribution is 7.89. The molecule has 0 aliphatic carbocycles. The summed E-state index contributed by atoms with van der Waals surface area (Å²) in [7, 11) is -4.12. The first kappa shape index (κ1) is 27.9. The van der Waals surface area contributed by atoms with Gasteiger partial charge >= 0.3 is 0 Å². The quantitative estimate of drug-likeness (QED) is 0.442. The van der Waals surface area contributed by atoms with Crippen LogP contribution in [0, 0.1) is 17.2 Å². The molecule has 206 valence electrons. The minimum absolute atomic E-state index is 0.0375. The molecule has 39 heavy (non-hydrogen) atoms. The summed E-state index contributed by atoms with van der Waals surface area (Å²) in [5.74, 6) is -0.371. The lowest BCUT2D eigenvalue weighted by atomic mass is 9.91. The summed E-state index contributed by atoms with van der Waals surface area (Å²) < 4.78 is 35.4. The molecule has 3 aliphatic rings. The van der Waals surface area contributed by atoms with Gasteiger partial charge in [0.1, 0.15) is 16.4 Å². The normalized spacial score (nSPS) is 22.8. The summed E-state index contributed by atoms with van der Waals surface area (Å²) in [6.07, 6.45) is 3.09. The first-order valence-electron chi connectivity index (χ1n) is 12.9. The molecule has 5 rings (SSSR count). The lowest BCUT2D eigenvalue weighted by molar-refractivity contribution is -0.139. The van der Waals surface area contributed by atoms with Crippen LogP contribution in [0.2, 0.25) is 10.0 Å². The minimum atomic E-state index is -4.12. The van der Waals surface area contributed by atoms with Crippen molar-refractivity contribution in [3.05, 3.63) is 52.0 Å². The fourth-order valence-electron chi connectivity index (χ4n) is 5.72. The van der Waals surface area contributed by atoms with Gasteiger partial charge in [-0.2, -0.15) is 9.57 Å². The van der Waals surface area contributed by atoms with Crippen molar-refractivity contribution in [3.63, 3.8) is 0 Å². The summed E-state index contributed by atoms with van der Waals surface area (Å²) in [4.78, 5) is 28.3. The Morgan fingerprint density at radius 1 is 0.974 bits per heavy atom. The van der Waals surface area contributed by atoms with Gasteiger partial charge in [-0.3, -0.25) is 19.4 Å². The molecule has 9 nitrogen and oxygen atoms in total. The third-order valence-corrected chi connectivity index (χ3v) is 9.92. The van der Waals surface area contributed by atoms with Crippen LogP contribution in [0.4, 0.5) is 0 Å². The van der Waals surface area contributed by atoms with E-state index in [4.69, 9.17) is 27.9 Å². The van der Waals surface area contributed by atoms with Crippen LogP contribution in [0.3, 0.4) is 0 Å². The van der Waals surface area contributed by atoms with Gasteiger partial charge in [-0.1, -0.05) is 23.2 Å². The predicted molar refractivity (Wildman–Crippen MR) is 145 cm³/mol. The molecule has 0 bridgehead atoms. The van der Waals surface area contributed by atoms with Crippen LogP contribution in [-0.2, 0) is 19.6 Å². The zero-order valence-electron chi connectivity index (χ0n) is 21.2. The summed E-state index contributed by atoms with van der Waals surface area (Å²) in [6.45, 7) is 2.43. The number of piperidine rings is 1. The molecule has 3 fully saturated rings. The highest BCUT2D eigenvalue weighted by atomic mass is 35.5. The monoisotopic (exact) mass is 590 g/mol. The number of amides is 2. The first-order valence-corrected chi connectivity index (χ1v) is 15.1. The molecule has 0 aromatic heterocycles. The van der Waals surface area contributed by atoms with Gasteiger partial charge in [-0.05, 0) is 68.8 Å². The molecule has 0 saturated carbocycles. The Morgan fingerprint density at radius 3 is 2.28 bits per heavy atom. The second kappa shape index (κ2) is 11.4. The largest absolute Gasteiger partial charge is 0.456 e. The summed E-state index contributed by atoms with van der Waals surface area (Å²) in [5.41, 5.74) is 0.168. The molecule has 2 aromatic carbocycles. The predicted octanol–water partition coefficient (Wildman–Crippen LogP) is 4.28. The van der Waals surface area contributed by atoms with Crippen molar-refractivity contribution >= 4 is 45.0 Å². The van der Waals surface area contributed by atoms with Crippen molar-refractivity contribution in [1.82, 2.24) is 14.1 Å². The number of benzene rings is 2. The summed E-state index contributed by atoms with van der Waals surface area (Å²) in [6, 6.07) is 10.8. The van der Waals surface area contributed by atoms with Crippen LogP contribution in [-0.4, -0.2) is 73.1 Å². The molecule has 0 radical (unpaired) electrons. The number of halogens is 2. The zero-order valence-corrected chi connectivity index (χ0v) is 23.5. The fraction of sp³-hybridized carbons (Fsp3) is 0.444. The Morgan fingerprint density at radius 2 is 1.64 bits per heavy atom. The van der Waals surface area contributed by atoms with E-state index in [0.717, 1.165) is 25.9 Å². The average molecular weight is 592 g/mol. The highest BCUT2D eigenvalue weighted by Gasteiger charge is 2.42. The number of likely N-dealkylation sites (tertiary alicyclic amines) is 2. The van der Waals surface area contributed by atoms with Crippen LogP contribution in [0.25, 0.3) is 0 Å². The lowest BCUT2D eigenvalue weighted by Crippen LogP contribution is -2.55. The van der Waals surface area contributed by atoms with Crippen LogP contribution in [0.5, 0.6) is 11.5 Å². The number of carbonyl (C=O) groups is 2. The number of nitriles is 1. The van der Waals surface area contributed by atoms with Gasteiger partial charge in [0, 0.05) is 54.5 Å². The maximum atomic E-state index is 14.1. The molecule has 2 aromatic rings. The van der Waals surface area contributed by atoms with Gasteiger partial charge in [-0.15, -0.1) is 0 Å². The molecule has 2 amide bonds. The topological polar surface area (TPSA) is 111 Å². The average Bonchev–Trinajstić information content (AvgIpc) is 3.54. The summed E-state index contributed by atoms with van der Waals surface area (Å²) >= 11 is 12.2. The van der Waals surface area contributed by atoms with Crippen molar-refractivity contribution in [2.24, 2.45) is 5.92 Å². The third kappa shape index (κ3) is 5.93. The third-order valence-electron chi connectivity index (χ3n) is 7.59. The minimum Gasteiger partial charge on any atom is -0.456 e. The molecular weight excluding hydrogens is 563 g/mol. The Hall–Kier alpha value is -2.68. The van der Waals surface area contributed by atoms with E-state index in [1.165, 1.54) is 45.6 Å². The van der Waals surface area contributed by atoms with Crippen molar-refractivity contribution in [1.29, 1.82) is 5.26 Å². The van der Waals surface area contributed by atoms with Gasteiger partial charge in [-0.25, -0.2) is 8.42 Å². The standard InChI is InChI=1S/C27H28Cl2N4O5S/c28-20-12-21(29)14-22(13-20)38-24-4-3-18(15-30)11-25(24)39(36,37)32-10-7-23(31-8-1-2-9-31)19(16-32)17-33-26(34)5-6-27(33)35/h3-4,11-14,19,23H,1-2,5-10,16-17H2. The molecule has 3 aliphatic heterocycles. The van der Waals surface area contributed by atoms with Crippen molar-refractivity contribution in [2.45, 2.75) is 43.0 Å². The molecule has 2 unspecified atom stereocenters. The summed E-state index contributed by atoms with van der Waals surface area (Å²) in [5, 5.41) is 10.1. The molecule has 2 atom stereocenters. The lowest BCUT2D eigenvalue weighted by Gasteiger charge is -2.43. The second-order valence-electron chi connectivity index (χ2n) is 10.1. The van der Waals surface area contributed by atoms with Crippen molar-refractivity contribution in [3.8, 4) is 17.6 Å². The Bertz CT molecular complexity index is 1400. The Balaban J connectivity index is 1.46. The zero-order chi connectivity index (χ0) is 27.7. The second-order valence-corrected chi connectivity index (χ2v) is 12.9. The number of hydrogen-bond donors (Lipinski definition) is 0. The van der Waals surface area contributed by atoms with Crippen molar-refractivity contribution in [2.75, 3.05) is 32.7 Å². The molecular formula is C27H28Cl2N4O5S. The smallest absolute Gasteiger partial charge is 0.246 e. The Labute approximate surface area is 237 Å². The number of ether oxygens (including phenoxy) is 1. The van der Waals surface area contributed by atoms with Crippen LogP contribution in [0.15, 0.2) is 41.3 Å². The maximum absolute atomic E-state index is 14.1. The highest BCUT2D eigenvalue weighted by Crippen LogP contribution is 2.37. The number of sulfonamides is 1.